The van der Waals surface area contributed by atoms with Crippen LogP contribution in [0.25, 0.3) is 0 Å². The fourth-order valence-electron chi connectivity index (χ4n) is 0. The van der Waals surface area contributed by atoms with Crippen LogP contribution in [0.5, 0.6) is 0 Å². The molecule has 0 aromatic heterocycles. The van der Waals surface area contributed by atoms with E-state index in [9.17, 15) is 0 Å². The topological polar surface area (TPSA) is 0 Å². The largest absolute Gasteiger partial charge is 2.00 e. The summed E-state index contributed by atoms with van der Waals surface area (Å²) in [5.41, 5.74) is 0. The van der Waals surface area contributed by atoms with E-state index in [1.54, 1.807) is 15.7 Å². The molecule has 0 aliphatic carbocycles. The van der Waals surface area contributed by atoms with Crippen LogP contribution < -0.4 is 0 Å². The Kier molecular flexibility index (Phi) is 226. The molecule has 0 saturated carbocycles. The van der Waals surface area contributed by atoms with Crippen LogP contribution in [0, 0.1) is 9.81 Å². The van der Waals surface area contributed by atoms with Crippen molar-refractivity contribution in [3.05, 3.63) is 9.81 Å². The number of hydrogen-bond donors (Lipinski definition) is 0. The van der Waals surface area contributed by atoms with Gasteiger partial charge in [-0.15, -0.1) is 0 Å². The first-order valence-electron chi connectivity index (χ1n) is 0.539. The molecule has 0 nitrogen and oxygen atoms in total. The minimum absolute atomic E-state index is 0. The molecule has 0 aromatic carbocycles. The quantitative estimate of drug-likeness (QED) is 0.369. The van der Waals surface area contributed by atoms with Crippen molar-refractivity contribution in [1.82, 2.24) is 0 Å². The van der Waals surface area contributed by atoms with Crippen LogP contribution in [-0.2, 0) is 63.2 Å². The van der Waals surface area contributed by atoms with Gasteiger partial charge in [-0.2, -0.15) is 0 Å². The molecule has 0 aliphatic rings. The van der Waals surface area contributed by atoms with Gasteiger partial charge in [0.15, 0.2) is 0 Å². The molecule has 0 fully saturated rings. The van der Waals surface area contributed by atoms with Crippen LogP contribution in [0.1, 0.15) is 0 Å². The zero-order valence-corrected chi connectivity index (χ0v) is 8.92. The Morgan fingerprint density at radius 2 is 1.17 bits per heavy atom. The Hall–Kier alpha value is 2.24. The van der Waals surface area contributed by atoms with E-state index in [4.69, 9.17) is 9.81 Å². The molecule has 0 unspecified atom stereocenters. The number of rotatable bonds is 0. The van der Waals surface area contributed by atoms with Gasteiger partial charge in [0.05, 0.1) is 0 Å². The van der Waals surface area contributed by atoms with Gasteiger partial charge in [0.2, 0.25) is 0 Å². The summed E-state index contributed by atoms with van der Waals surface area (Å²) in [7, 11) is 0. The minimum atomic E-state index is 0. The van der Waals surface area contributed by atoms with E-state index in [0.29, 0.717) is 0 Å². The molecule has 4 heteroatoms. The van der Waals surface area contributed by atoms with Crippen molar-refractivity contribution in [3.8, 4) is 0 Å². The first-order chi connectivity index (χ1) is 2.00. The average Bonchev–Trinajstić information content (AvgIpc) is 1.50. The Labute approximate surface area is 87.3 Å². The van der Waals surface area contributed by atoms with E-state index in [1.807, 2.05) is 0 Å². The summed E-state index contributed by atoms with van der Waals surface area (Å²) in [4.78, 5) is 0. The summed E-state index contributed by atoms with van der Waals surface area (Å²) in [6.07, 6.45) is 0. The van der Waals surface area contributed by atoms with Gasteiger partial charge in [-0.1, -0.05) is 0 Å². The molecule has 0 bridgehead atoms. The average molecular weight is 195 g/mol. The van der Waals surface area contributed by atoms with Crippen molar-refractivity contribution >= 4 is 15.7 Å². The summed E-state index contributed by atoms with van der Waals surface area (Å²) >= 11 is 2.92. The third-order valence-electron chi connectivity index (χ3n) is 0. The van der Waals surface area contributed by atoms with Gasteiger partial charge in [0.25, 0.3) is 0 Å². The molecule has 0 radical (unpaired) electrons. The molecular weight excluding hydrogens is 195 g/mol. The maximum Gasteiger partial charge on any atom is 2.00 e. The molecule has 0 saturated heterocycles. The third-order valence-corrected chi connectivity index (χ3v) is 0. The zero-order valence-electron chi connectivity index (χ0n) is 3.08. The van der Waals surface area contributed by atoms with E-state index < -0.39 is 0 Å². The first kappa shape index (κ1) is 24.0. The van der Waals surface area contributed by atoms with E-state index in [-0.39, 0.29) is 43.4 Å². The Morgan fingerprint density at radius 3 is 1.17 bits per heavy atom. The summed E-state index contributed by atoms with van der Waals surface area (Å²) < 4.78 is 5.75. The molecule has 0 aliphatic heterocycles. The van der Waals surface area contributed by atoms with E-state index in [2.05, 4.69) is 0 Å². The van der Waals surface area contributed by atoms with Crippen LogP contribution in [0.3, 0.4) is 0 Å². The molecular formula is C2AlTi3. The fourth-order valence-corrected chi connectivity index (χ4v) is 0. The summed E-state index contributed by atoms with van der Waals surface area (Å²) in [6, 6.07) is 0. The van der Waals surface area contributed by atoms with Gasteiger partial charge in [0, 0.05) is 21.7 Å². The molecule has 0 N–H and O–H groups in total. The first-order valence-corrected chi connectivity index (χ1v) is 1.90. The SMILES string of the molecule is [C-]#[Al].[C-]#[Ti].[Ti+2].[Ti]. The van der Waals surface area contributed by atoms with Crippen molar-refractivity contribution in [2.24, 2.45) is 0 Å². The predicted octanol–water partition coefficient (Wildman–Crippen LogP) is -0.226. The maximum absolute atomic E-state index is 5.75. The van der Waals surface area contributed by atoms with Crippen LogP contribution in [0.2, 0.25) is 0 Å². The van der Waals surface area contributed by atoms with Crippen LogP contribution >= 0.6 is 0 Å². The van der Waals surface area contributed by atoms with Crippen molar-refractivity contribution in [2.45, 2.75) is 0 Å². The van der Waals surface area contributed by atoms with Gasteiger partial charge in [0.1, 0.15) is 0 Å². The van der Waals surface area contributed by atoms with E-state index in [1.165, 1.54) is 19.8 Å². The number of hydrogen-bond acceptors (Lipinski definition) is 0. The van der Waals surface area contributed by atoms with Crippen molar-refractivity contribution in [3.63, 3.8) is 0 Å². The molecule has 6 heavy (non-hydrogen) atoms. The Balaban J connectivity index is -0.00000000500. The maximum atomic E-state index is 5.75. The molecule has 0 atom stereocenters. The smallest absolute Gasteiger partial charge is 0 e. The van der Waals surface area contributed by atoms with Crippen LogP contribution in [0.4, 0.5) is 0 Å². The second kappa shape index (κ2) is 56.3. The minimum Gasteiger partial charge on any atom is 0 e. The predicted molar refractivity (Wildman–Crippen MR) is 12.2 cm³/mol. The fraction of sp³-hybridized carbons (Fsp3) is 0. The normalized spacial score (nSPS) is 1.67. The zero-order chi connectivity index (χ0) is 4.00. The van der Waals surface area contributed by atoms with E-state index >= 15 is 0 Å². The molecule has 0 aromatic rings. The second-order valence-electron chi connectivity index (χ2n) is 0. The van der Waals surface area contributed by atoms with Crippen LogP contribution in [0.15, 0.2) is 0 Å². The molecule has 23 valence electrons. The summed E-state index contributed by atoms with van der Waals surface area (Å²) in [5.74, 6) is 0. The second-order valence-corrected chi connectivity index (χ2v) is 0. The molecule has 0 heterocycles. The van der Waals surface area contributed by atoms with Gasteiger partial charge in [-0.25, -0.2) is 0 Å². The third kappa shape index (κ3) is 34.2. The summed E-state index contributed by atoms with van der Waals surface area (Å²) in [6.45, 7) is 0. The van der Waals surface area contributed by atoms with Crippen LogP contribution in [-0.4, -0.2) is 15.7 Å². The van der Waals surface area contributed by atoms with Crippen molar-refractivity contribution in [2.75, 3.05) is 0 Å². The van der Waals surface area contributed by atoms with E-state index in [0.717, 1.165) is 0 Å². The van der Waals surface area contributed by atoms with Gasteiger partial charge >= 0.3 is 67.0 Å². The molecule has 0 rings (SSSR count). The Morgan fingerprint density at radius 1 is 1.17 bits per heavy atom. The standard InChI is InChI=1S/2C.Al.3Ti/q2*-1;;;;+2. The molecule has 0 amide bonds. The van der Waals surface area contributed by atoms with Crippen molar-refractivity contribution in [1.29, 1.82) is 0 Å². The van der Waals surface area contributed by atoms with Gasteiger partial charge in [-0.05, 0) is 0 Å². The van der Waals surface area contributed by atoms with Crippen molar-refractivity contribution < 1.29 is 63.2 Å². The summed E-state index contributed by atoms with van der Waals surface area (Å²) in [5, 5.41) is 5.67. The Bertz CT molecular complexity index is 24.3. The monoisotopic (exact) mass is 195 g/mol. The molecule has 0 spiro atoms. The van der Waals surface area contributed by atoms with Gasteiger partial charge in [-0.3, -0.25) is 0 Å². The van der Waals surface area contributed by atoms with Gasteiger partial charge < -0.3 is 0 Å².